The molecule has 0 radical (unpaired) electrons. The van der Waals surface area contributed by atoms with Crippen molar-refractivity contribution in [3.63, 3.8) is 0 Å². The quantitative estimate of drug-likeness (QED) is 0.535. The van der Waals surface area contributed by atoms with Crippen molar-refractivity contribution in [1.82, 2.24) is 15.6 Å². The second kappa shape index (κ2) is 9.23. The minimum atomic E-state index is 0. The maximum Gasteiger partial charge on any atom is 0.220 e. The number of carbonyl (C=O) groups excluding carboxylic acids is 1. The number of aromatic nitrogens is 1. The number of H-pyrrole nitrogens is 1. The molecule has 5 rings (SSSR count). The monoisotopic (exact) mass is 423 g/mol. The highest BCUT2D eigenvalue weighted by Crippen LogP contribution is 2.33. The van der Waals surface area contributed by atoms with Gasteiger partial charge in [-0.05, 0) is 48.8 Å². The topological polar surface area (TPSA) is 56.9 Å². The molecule has 3 atom stereocenters. The van der Waals surface area contributed by atoms with Gasteiger partial charge in [0.05, 0.1) is 0 Å². The molecule has 3 aromatic rings. The molecule has 3 heterocycles. The lowest BCUT2D eigenvalue weighted by Gasteiger charge is -2.28. The fraction of sp³-hybridized carbons (Fsp3) is 0.400. The van der Waals surface area contributed by atoms with Gasteiger partial charge in [0.2, 0.25) is 5.91 Å². The Kier molecular flexibility index (Phi) is 6.45. The van der Waals surface area contributed by atoms with E-state index in [0.717, 1.165) is 18.4 Å². The third-order valence-corrected chi connectivity index (χ3v) is 6.75. The Labute approximate surface area is 184 Å². The van der Waals surface area contributed by atoms with Gasteiger partial charge in [0.25, 0.3) is 0 Å². The van der Waals surface area contributed by atoms with E-state index in [1.807, 2.05) is 12.1 Å². The van der Waals surface area contributed by atoms with Gasteiger partial charge in [-0.2, -0.15) is 0 Å². The fourth-order valence-corrected chi connectivity index (χ4v) is 5.37. The van der Waals surface area contributed by atoms with Gasteiger partial charge in [-0.1, -0.05) is 48.5 Å². The van der Waals surface area contributed by atoms with Gasteiger partial charge in [-0.15, -0.1) is 12.4 Å². The Morgan fingerprint density at radius 2 is 1.70 bits per heavy atom. The Balaban J connectivity index is 0.00000218. The van der Waals surface area contributed by atoms with Crippen molar-refractivity contribution in [2.45, 2.75) is 50.1 Å². The number of benzene rings is 2. The molecule has 3 N–H and O–H groups in total. The van der Waals surface area contributed by atoms with Crippen molar-refractivity contribution in [2.75, 3.05) is 6.54 Å². The molecule has 158 valence electrons. The van der Waals surface area contributed by atoms with E-state index in [9.17, 15) is 4.79 Å². The second-order valence-electron chi connectivity index (χ2n) is 8.74. The van der Waals surface area contributed by atoms with E-state index < -0.39 is 0 Å². The second-order valence-corrected chi connectivity index (χ2v) is 8.74. The summed E-state index contributed by atoms with van der Waals surface area (Å²) < 4.78 is 0. The average molecular weight is 424 g/mol. The van der Waals surface area contributed by atoms with Crippen LogP contribution in [0.3, 0.4) is 0 Å². The summed E-state index contributed by atoms with van der Waals surface area (Å²) >= 11 is 0. The van der Waals surface area contributed by atoms with Crippen molar-refractivity contribution in [2.24, 2.45) is 5.92 Å². The summed E-state index contributed by atoms with van der Waals surface area (Å²) in [6, 6.07) is 20.2. The first kappa shape index (κ1) is 21.0. The van der Waals surface area contributed by atoms with E-state index >= 15 is 0 Å². The molecule has 1 aromatic heterocycles. The molecular formula is C25H30ClN3O. The fourth-order valence-electron chi connectivity index (χ4n) is 5.37. The lowest BCUT2D eigenvalue weighted by Crippen LogP contribution is -2.40. The van der Waals surface area contributed by atoms with Crippen LogP contribution in [-0.2, 0) is 4.79 Å². The van der Waals surface area contributed by atoms with Crippen LogP contribution in [0, 0.1) is 5.92 Å². The molecule has 2 saturated heterocycles. The smallest absolute Gasteiger partial charge is 0.220 e. The van der Waals surface area contributed by atoms with Crippen LogP contribution in [0.4, 0.5) is 0 Å². The number of para-hydroxylation sites is 1. The number of hydrogen-bond donors (Lipinski definition) is 3. The average Bonchev–Trinajstić information content (AvgIpc) is 3.32. The molecule has 3 unspecified atom stereocenters. The lowest BCUT2D eigenvalue weighted by molar-refractivity contribution is -0.122. The van der Waals surface area contributed by atoms with Crippen LogP contribution in [0.15, 0.2) is 60.8 Å². The van der Waals surface area contributed by atoms with E-state index in [-0.39, 0.29) is 24.2 Å². The van der Waals surface area contributed by atoms with E-state index in [0.29, 0.717) is 31.0 Å². The third-order valence-electron chi connectivity index (χ3n) is 6.75. The van der Waals surface area contributed by atoms with Gasteiger partial charge in [0, 0.05) is 48.1 Å². The predicted octanol–water partition coefficient (Wildman–Crippen LogP) is 4.76. The Bertz CT molecular complexity index is 974. The first-order valence-electron chi connectivity index (χ1n) is 10.9. The first-order valence-corrected chi connectivity index (χ1v) is 10.9. The standard InChI is InChI=1S/C25H29N3O.ClH/c29-25(14-17-12-19-10-11-20(13-17)28-19)27-15-22(18-6-2-1-3-7-18)23-16-26-24-9-5-4-8-21(23)24;/h1-9,16-17,19-20,22,26,28H,10-15H2,(H,27,29);1H. The molecule has 0 aliphatic carbocycles. The molecule has 4 nitrogen and oxygen atoms in total. The number of hydrogen-bond acceptors (Lipinski definition) is 2. The van der Waals surface area contributed by atoms with Crippen molar-refractivity contribution < 1.29 is 4.79 Å². The van der Waals surface area contributed by atoms with Crippen LogP contribution < -0.4 is 10.6 Å². The Morgan fingerprint density at radius 1 is 1.00 bits per heavy atom. The van der Waals surface area contributed by atoms with Crippen LogP contribution in [0.25, 0.3) is 10.9 Å². The summed E-state index contributed by atoms with van der Waals surface area (Å²) in [5, 5.41) is 8.15. The number of rotatable bonds is 6. The lowest BCUT2D eigenvalue weighted by atomic mass is 9.88. The van der Waals surface area contributed by atoms with Crippen molar-refractivity contribution in [1.29, 1.82) is 0 Å². The van der Waals surface area contributed by atoms with E-state index in [1.54, 1.807) is 0 Å². The summed E-state index contributed by atoms with van der Waals surface area (Å²) in [6.45, 7) is 0.628. The molecule has 0 spiro atoms. The number of nitrogens with one attached hydrogen (secondary N) is 3. The normalized spacial score (nSPS) is 23.7. The highest BCUT2D eigenvalue weighted by molar-refractivity contribution is 5.85. The zero-order valence-electron chi connectivity index (χ0n) is 17.1. The van der Waals surface area contributed by atoms with Crippen molar-refractivity contribution in [3.8, 4) is 0 Å². The molecule has 2 fully saturated rings. The molecule has 2 aliphatic rings. The van der Waals surface area contributed by atoms with Gasteiger partial charge in [0.15, 0.2) is 0 Å². The Morgan fingerprint density at radius 3 is 2.47 bits per heavy atom. The minimum Gasteiger partial charge on any atom is -0.361 e. The van der Waals surface area contributed by atoms with Gasteiger partial charge < -0.3 is 15.6 Å². The summed E-state index contributed by atoms with van der Waals surface area (Å²) in [6.07, 6.45) is 7.60. The van der Waals surface area contributed by atoms with Crippen LogP contribution >= 0.6 is 12.4 Å². The van der Waals surface area contributed by atoms with Crippen LogP contribution in [0.2, 0.25) is 0 Å². The van der Waals surface area contributed by atoms with E-state index in [4.69, 9.17) is 0 Å². The van der Waals surface area contributed by atoms with Gasteiger partial charge in [-0.25, -0.2) is 0 Å². The SMILES string of the molecule is Cl.O=C(CC1CC2CCC(C1)N2)NCC(c1ccccc1)c1c[nH]c2ccccc12. The van der Waals surface area contributed by atoms with Gasteiger partial charge in [0.1, 0.15) is 0 Å². The maximum atomic E-state index is 12.8. The summed E-state index contributed by atoms with van der Waals surface area (Å²) in [5.41, 5.74) is 3.62. The number of amides is 1. The van der Waals surface area contributed by atoms with Crippen molar-refractivity contribution in [3.05, 3.63) is 71.9 Å². The van der Waals surface area contributed by atoms with Crippen molar-refractivity contribution >= 4 is 29.2 Å². The van der Waals surface area contributed by atoms with Crippen LogP contribution in [0.5, 0.6) is 0 Å². The number of carbonyl (C=O) groups is 1. The molecule has 5 heteroatoms. The summed E-state index contributed by atoms with van der Waals surface area (Å²) in [5.74, 6) is 0.856. The number of piperidine rings is 1. The zero-order valence-corrected chi connectivity index (χ0v) is 18.0. The van der Waals surface area contributed by atoms with Gasteiger partial charge in [-0.3, -0.25) is 4.79 Å². The third kappa shape index (κ3) is 4.40. The summed E-state index contributed by atoms with van der Waals surface area (Å²) in [4.78, 5) is 16.2. The van der Waals surface area contributed by atoms with Crippen LogP contribution in [0.1, 0.15) is 49.1 Å². The highest BCUT2D eigenvalue weighted by atomic mass is 35.5. The zero-order chi connectivity index (χ0) is 19.6. The molecule has 2 bridgehead atoms. The predicted molar refractivity (Wildman–Crippen MR) is 124 cm³/mol. The molecule has 0 saturated carbocycles. The summed E-state index contributed by atoms with van der Waals surface area (Å²) in [7, 11) is 0. The van der Waals surface area contributed by atoms with E-state index in [1.165, 1.54) is 29.4 Å². The van der Waals surface area contributed by atoms with Gasteiger partial charge >= 0.3 is 0 Å². The molecular weight excluding hydrogens is 394 g/mol. The maximum absolute atomic E-state index is 12.8. The molecule has 2 aromatic carbocycles. The number of fused-ring (bicyclic) bond motifs is 3. The molecule has 30 heavy (non-hydrogen) atoms. The highest BCUT2D eigenvalue weighted by Gasteiger charge is 2.34. The molecule has 1 amide bonds. The number of aromatic amines is 1. The first-order chi connectivity index (χ1) is 14.3. The minimum absolute atomic E-state index is 0. The largest absolute Gasteiger partial charge is 0.361 e. The van der Waals surface area contributed by atoms with Crippen LogP contribution in [-0.4, -0.2) is 29.5 Å². The Hall–Kier alpha value is -2.30. The number of halogens is 1. The molecule has 2 aliphatic heterocycles. The van der Waals surface area contributed by atoms with E-state index in [2.05, 4.69) is 64.3 Å².